The molecule has 0 saturated heterocycles. The molecule has 0 amide bonds. The van der Waals surface area contributed by atoms with Gasteiger partial charge >= 0.3 is 0 Å². The van der Waals surface area contributed by atoms with Gasteiger partial charge in [-0.2, -0.15) is 16.4 Å². The highest BCUT2D eigenvalue weighted by Gasteiger charge is 2.13. The fraction of sp³-hybridized carbons (Fsp3) is 0.273. The molecule has 0 fully saturated rings. The first-order valence-corrected chi connectivity index (χ1v) is 6.64. The number of halogens is 1. The largest absolute Gasteiger partial charge is 0.395 e. The Balaban J connectivity index is 2.29. The molecule has 96 valence electrons. The lowest BCUT2D eigenvalue weighted by Crippen LogP contribution is -2.28. The summed E-state index contributed by atoms with van der Waals surface area (Å²) in [5.74, 6) is 0. The lowest BCUT2D eigenvalue weighted by Gasteiger charge is -2.23. The fourth-order valence-corrected chi connectivity index (χ4v) is 2.47. The monoisotopic (exact) mass is 285 g/mol. The van der Waals surface area contributed by atoms with Crippen LogP contribution in [0, 0.1) is 0 Å². The van der Waals surface area contributed by atoms with Gasteiger partial charge in [-0.25, -0.2) is 5.10 Å². The van der Waals surface area contributed by atoms with Crippen molar-refractivity contribution in [1.82, 2.24) is 10.2 Å². The zero-order chi connectivity index (χ0) is 13.0. The first-order chi connectivity index (χ1) is 8.72. The van der Waals surface area contributed by atoms with Crippen molar-refractivity contribution in [2.75, 3.05) is 18.1 Å². The number of nitrogens with one attached hydrogen (secondary N) is 1. The standard InChI is InChI=1S/C11H12ClN3O2S/c12-10-9(5-13-14-11(10)17)15(2-3-16)6-8-1-4-18-7-8/h1,4-5,7,16H,2-3,6H2,(H,14,17). The molecule has 0 radical (unpaired) electrons. The van der Waals surface area contributed by atoms with Crippen LogP contribution in [0.3, 0.4) is 0 Å². The maximum atomic E-state index is 11.4. The average molecular weight is 286 g/mol. The molecule has 0 aliphatic carbocycles. The molecule has 2 N–H and O–H groups in total. The minimum absolute atomic E-state index is 0.0206. The highest BCUT2D eigenvalue weighted by atomic mass is 35.5. The van der Waals surface area contributed by atoms with Crippen molar-refractivity contribution in [1.29, 1.82) is 0 Å². The van der Waals surface area contributed by atoms with Crippen LogP contribution in [0.2, 0.25) is 5.02 Å². The van der Waals surface area contributed by atoms with Crippen molar-refractivity contribution < 1.29 is 5.11 Å². The second-order valence-corrected chi connectivity index (χ2v) is 4.83. The Morgan fingerprint density at radius 2 is 2.39 bits per heavy atom. The molecule has 0 bridgehead atoms. The van der Waals surface area contributed by atoms with E-state index in [1.165, 1.54) is 6.20 Å². The van der Waals surface area contributed by atoms with Gasteiger partial charge in [0.25, 0.3) is 5.56 Å². The van der Waals surface area contributed by atoms with Crippen LogP contribution in [0.25, 0.3) is 0 Å². The summed E-state index contributed by atoms with van der Waals surface area (Å²) in [6.45, 7) is 0.947. The molecule has 0 saturated carbocycles. The summed E-state index contributed by atoms with van der Waals surface area (Å²) in [6.07, 6.45) is 1.49. The van der Waals surface area contributed by atoms with E-state index in [1.807, 2.05) is 21.7 Å². The van der Waals surface area contributed by atoms with Gasteiger partial charge in [0.05, 0.1) is 18.5 Å². The number of anilines is 1. The predicted molar refractivity (Wildman–Crippen MR) is 72.3 cm³/mol. The number of aliphatic hydroxyl groups excluding tert-OH is 1. The molecule has 0 aromatic carbocycles. The summed E-state index contributed by atoms with van der Waals surface area (Å²) in [7, 11) is 0. The van der Waals surface area contributed by atoms with E-state index < -0.39 is 5.56 Å². The molecule has 0 aliphatic heterocycles. The van der Waals surface area contributed by atoms with Gasteiger partial charge in [0.15, 0.2) is 0 Å². The van der Waals surface area contributed by atoms with E-state index in [1.54, 1.807) is 11.3 Å². The van der Waals surface area contributed by atoms with Crippen LogP contribution in [0.5, 0.6) is 0 Å². The number of aromatic nitrogens is 2. The number of aromatic amines is 1. The zero-order valence-corrected chi connectivity index (χ0v) is 11.0. The van der Waals surface area contributed by atoms with Crippen molar-refractivity contribution in [3.63, 3.8) is 0 Å². The van der Waals surface area contributed by atoms with Crippen LogP contribution in [0.15, 0.2) is 27.8 Å². The van der Waals surface area contributed by atoms with E-state index >= 15 is 0 Å². The molecular formula is C11H12ClN3O2S. The van der Waals surface area contributed by atoms with E-state index in [9.17, 15) is 4.79 Å². The second-order valence-electron chi connectivity index (χ2n) is 3.68. The molecule has 0 unspecified atom stereocenters. The zero-order valence-electron chi connectivity index (χ0n) is 9.47. The maximum absolute atomic E-state index is 11.4. The molecule has 2 aromatic rings. The number of thiophene rings is 1. The maximum Gasteiger partial charge on any atom is 0.285 e. The van der Waals surface area contributed by atoms with Crippen LogP contribution in [0.1, 0.15) is 5.56 Å². The summed E-state index contributed by atoms with van der Waals surface area (Å²) >= 11 is 7.56. The predicted octanol–water partition coefficient (Wildman–Crippen LogP) is 1.48. The van der Waals surface area contributed by atoms with Gasteiger partial charge in [-0.15, -0.1) is 0 Å². The SMILES string of the molecule is O=c1[nH]ncc(N(CCO)Cc2ccsc2)c1Cl. The summed E-state index contributed by atoms with van der Waals surface area (Å²) in [4.78, 5) is 13.2. The molecule has 18 heavy (non-hydrogen) atoms. The molecule has 0 atom stereocenters. The molecule has 0 aliphatic rings. The van der Waals surface area contributed by atoms with Crippen molar-refractivity contribution in [2.45, 2.75) is 6.54 Å². The van der Waals surface area contributed by atoms with Crippen LogP contribution < -0.4 is 10.5 Å². The minimum atomic E-state index is -0.428. The molecule has 2 aromatic heterocycles. The van der Waals surface area contributed by atoms with Crippen molar-refractivity contribution in [2.24, 2.45) is 0 Å². The summed E-state index contributed by atoms with van der Waals surface area (Å²) in [5, 5.41) is 19.2. The van der Waals surface area contributed by atoms with E-state index in [0.29, 0.717) is 18.8 Å². The van der Waals surface area contributed by atoms with Crippen LogP contribution in [0.4, 0.5) is 5.69 Å². The molecule has 2 rings (SSSR count). The summed E-state index contributed by atoms with van der Waals surface area (Å²) < 4.78 is 0. The summed E-state index contributed by atoms with van der Waals surface area (Å²) in [5.41, 5.74) is 1.20. The van der Waals surface area contributed by atoms with E-state index in [2.05, 4.69) is 10.2 Å². The Morgan fingerprint density at radius 3 is 3.06 bits per heavy atom. The van der Waals surface area contributed by atoms with Crippen LogP contribution in [-0.2, 0) is 6.54 Å². The number of aliphatic hydroxyl groups is 1. The van der Waals surface area contributed by atoms with Crippen molar-refractivity contribution >= 4 is 28.6 Å². The van der Waals surface area contributed by atoms with Gasteiger partial charge in [-0.3, -0.25) is 4.79 Å². The average Bonchev–Trinajstić information content (AvgIpc) is 2.85. The highest BCUT2D eigenvalue weighted by Crippen LogP contribution is 2.22. The molecular weight excluding hydrogens is 274 g/mol. The van der Waals surface area contributed by atoms with Crippen molar-refractivity contribution in [3.05, 3.63) is 44.0 Å². The Labute approximate surface area is 113 Å². The molecule has 5 nitrogen and oxygen atoms in total. The second kappa shape index (κ2) is 5.99. The van der Waals surface area contributed by atoms with Gasteiger partial charge in [0.2, 0.25) is 0 Å². The number of hydrogen-bond acceptors (Lipinski definition) is 5. The molecule has 2 heterocycles. The number of hydrogen-bond donors (Lipinski definition) is 2. The third-order valence-corrected chi connectivity index (χ3v) is 3.54. The quantitative estimate of drug-likeness (QED) is 0.873. The van der Waals surface area contributed by atoms with Gasteiger partial charge in [-0.1, -0.05) is 11.6 Å². The Hall–Kier alpha value is -1.37. The van der Waals surface area contributed by atoms with Crippen LogP contribution >= 0.6 is 22.9 Å². The van der Waals surface area contributed by atoms with Crippen LogP contribution in [-0.4, -0.2) is 28.5 Å². The first kappa shape index (κ1) is 13.1. The van der Waals surface area contributed by atoms with E-state index in [4.69, 9.17) is 16.7 Å². The third-order valence-electron chi connectivity index (χ3n) is 2.44. The number of nitrogens with zero attached hydrogens (tertiary/aromatic N) is 2. The topological polar surface area (TPSA) is 69.2 Å². The highest BCUT2D eigenvalue weighted by molar-refractivity contribution is 7.07. The van der Waals surface area contributed by atoms with Gasteiger partial charge in [0.1, 0.15) is 5.02 Å². The number of rotatable bonds is 5. The van der Waals surface area contributed by atoms with Crippen molar-refractivity contribution in [3.8, 4) is 0 Å². The number of H-pyrrole nitrogens is 1. The molecule has 7 heteroatoms. The summed E-state index contributed by atoms with van der Waals surface area (Å²) in [6, 6.07) is 1.99. The Bertz CT molecular complexity index is 556. The van der Waals surface area contributed by atoms with E-state index in [0.717, 1.165) is 5.56 Å². The minimum Gasteiger partial charge on any atom is -0.395 e. The smallest absolute Gasteiger partial charge is 0.285 e. The van der Waals surface area contributed by atoms with Gasteiger partial charge in [-0.05, 0) is 22.4 Å². The first-order valence-electron chi connectivity index (χ1n) is 5.32. The fourth-order valence-electron chi connectivity index (χ4n) is 1.60. The normalized spacial score (nSPS) is 10.6. The molecule has 0 spiro atoms. The lowest BCUT2D eigenvalue weighted by molar-refractivity contribution is 0.301. The van der Waals surface area contributed by atoms with Gasteiger partial charge < -0.3 is 10.0 Å². The van der Waals surface area contributed by atoms with Gasteiger partial charge in [0, 0.05) is 13.1 Å². The Morgan fingerprint density at radius 1 is 1.56 bits per heavy atom. The lowest BCUT2D eigenvalue weighted by atomic mass is 10.3. The third kappa shape index (κ3) is 2.90. The Kier molecular flexibility index (Phi) is 4.35. The van der Waals surface area contributed by atoms with E-state index in [-0.39, 0.29) is 11.6 Å².